The number of hydrogen-bond acceptors (Lipinski definition) is 3. The van der Waals surface area contributed by atoms with Crippen LogP contribution < -0.4 is 5.73 Å². The second kappa shape index (κ2) is 5.91. The summed E-state index contributed by atoms with van der Waals surface area (Å²) in [4.78, 5) is 0. The Hall–Kier alpha value is -0.490. The first-order chi connectivity index (χ1) is 8.16. The molecule has 17 heavy (non-hydrogen) atoms. The minimum atomic E-state index is -0.264. The standard InChI is InChI=1S/C12H15BrFNO2/c13-9-5-8(1-2-10(9)14)6-11(15)12-7-16-3-4-17-12/h1-2,5,11-12H,3-4,6-7,15H2. The van der Waals surface area contributed by atoms with Crippen LogP contribution in [0.5, 0.6) is 0 Å². The van der Waals surface area contributed by atoms with Gasteiger partial charge >= 0.3 is 0 Å². The number of hydrogen-bond donors (Lipinski definition) is 1. The van der Waals surface area contributed by atoms with Crippen molar-refractivity contribution in [3.63, 3.8) is 0 Å². The zero-order valence-electron chi connectivity index (χ0n) is 9.36. The zero-order chi connectivity index (χ0) is 12.3. The monoisotopic (exact) mass is 303 g/mol. The summed E-state index contributed by atoms with van der Waals surface area (Å²) >= 11 is 3.16. The van der Waals surface area contributed by atoms with E-state index in [4.69, 9.17) is 15.2 Å². The van der Waals surface area contributed by atoms with Crippen molar-refractivity contribution in [3.05, 3.63) is 34.1 Å². The third-order valence-corrected chi connectivity index (χ3v) is 3.38. The topological polar surface area (TPSA) is 44.5 Å². The van der Waals surface area contributed by atoms with Crippen LogP contribution in [0.2, 0.25) is 0 Å². The first-order valence-corrected chi connectivity index (χ1v) is 6.35. The third-order valence-electron chi connectivity index (χ3n) is 2.77. The first kappa shape index (κ1) is 13.0. The Balaban J connectivity index is 1.96. The fraction of sp³-hybridized carbons (Fsp3) is 0.500. The van der Waals surface area contributed by atoms with Gasteiger partial charge in [0.1, 0.15) is 5.82 Å². The molecule has 1 aromatic carbocycles. The summed E-state index contributed by atoms with van der Waals surface area (Å²) in [6.45, 7) is 1.75. The number of nitrogens with two attached hydrogens (primary N) is 1. The van der Waals surface area contributed by atoms with Crippen LogP contribution in [0.25, 0.3) is 0 Å². The molecule has 5 heteroatoms. The molecule has 2 rings (SSSR count). The zero-order valence-corrected chi connectivity index (χ0v) is 11.0. The predicted octanol–water partition coefficient (Wildman–Crippen LogP) is 1.87. The summed E-state index contributed by atoms with van der Waals surface area (Å²) in [7, 11) is 0. The van der Waals surface area contributed by atoms with Crippen LogP contribution in [0, 0.1) is 5.82 Å². The number of halogens is 2. The second-order valence-electron chi connectivity index (χ2n) is 4.10. The van der Waals surface area contributed by atoms with Crippen molar-refractivity contribution in [1.29, 1.82) is 0 Å². The van der Waals surface area contributed by atoms with Crippen molar-refractivity contribution in [2.45, 2.75) is 18.6 Å². The Morgan fingerprint density at radius 3 is 2.94 bits per heavy atom. The molecule has 1 aromatic rings. The molecule has 94 valence electrons. The molecule has 2 N–H and O–H groups in total. The van der Waals surface area contributed by atoms with Crippen LogP contribution in [-0.2, 0) is 15.9 Å². The van der Waals surface area contributed by atoms with Crippen molar-refractivity contribution in [2.24, 2.45) is 5.73 Å². The molecular formula is C12H15BrFNO2. The van der Waals surface area contributed by atoms with Crippen molar-refractivity contribution < 1.29 is 13.9 Å². The van der Waals surface area contributed by atoms with Gasteiger partial charge in [0, 0.05) is 6.04 Å². The van der Waals surface area contributed by atoms with E-state index >= 15 is 0 Å². The van der Waals surface area contributed by atoms with Gasteiger partial charge in [-0.3, -0.25) is 0 Å². The van der Waals surface area contributed by atoms with Crippen molar-refractivity contribution in [3.8, 4) is 0 Å². The summed E-state index contributed by atoms with van der Waals surface area (Å²) in [6, 6.07) is 4.79. The summed E-state index contributed by atoms with van der Waals surface area (Å²) < 4.78 is 24.4. The Labute approximate surface area is 108 Å². The lowest BCUT2D eigenvalue weighted by Crippen LogP contribution is -2.44. The molecule has 1 aliphatic heterocycles. The Kier molecular flexibility index (Phi) is 4.50. The quantitative estimate of drug-likeness (QED) is 0.927. The highest BCUT2D eigenvalue weighted by Gasteiger charge is 2.22. The van der Waals surface area contributed by atoms with Crippen molar-refractivity contribution in [1.82, 2.24) is 0 Å². The van der Waals surface area contributed by atoms with Crippen LogP contribution >= 0.6 is 15.9 Å². The third kappa shape index (κ3) is 3.48. The van der Waals surface area contributed by atoms with E-state index in [1.54, 1.807) is 12.1 Å². The van der Waals surface area contributed by atoms with Gasteiger partial charge in [0.15, 0.2) is 0 Å². The average Bonchev–Trinajstić information content (AvgIpc) is 2.35. The maximum absolute atomic E-state index is 13.1. The van der Waals surface area contributed by atoms with E-state index in [9.17, 15) is 4.39 Å². The molecule has 0 amide bonds. The van der Waals surface area contributed by atoms with E-state index in [1.807, 2.05) is 0 Å². The van der Waals surface area contributed by atoms with Gasteiger partial charge in [0.25, 0.3) is 0 Å². The number of benzene rings is 1. The lowest BCUT2D eigenvalue weighted by molar-refractivity contribution is -0.0967. The van der Waals surface area contributed by atoms with E-state index in [0.29, 0.717) is 30.7 Å². The molecule has 1 aliphatic rings. The normalized spacial score (nSPS) is 22.4. The molecule has 2 unspecified atom stereocenters. The van der Waals surface area contributed by atoms with Crippen molar-refractivity contribution >= 4 is 15.9 Å². The Bertz CT molecular complexity index is 383. The SMILES string of the molecule is NC(Cc1ccc(F)c(Br)c1)C1COCCO1. The molecule has 1 saturated heterocycles. The minimum Gasteiger partial charge on any atom is -0.376 e. The molecule has 0 bridgehead atoms. The molecule has 0 aliphatic carbocycles. The van der Waals surface area contributed by atoms with Gasteiger partial charge in [-0.25, -0.2) is 4.39 Å². The van der Waals surface area contributed by atoms with Gasteiger partial charge in [-0.2, -0.15) is 0 Å². The van der Waals surface area contributed by atoms with Gasteiger partial charge in [0.05, 0.1) is 30.4 Å². The lowest BCUT2D eigenvalue weighted by Gasteiger charge is -2.28. The van der Waals surface area contributed by atoms with E-state index in [-0.39, 0.29) is 18.0 Å². The van der Waals surface area contributed by atoms with Crippen LogP contribution in [0.1, 0.15) is 5.56 Å². The van der Waals surface area contributed by atoms with Crippen LogP contribution in [-0.4, -0.2) is 32.0 Å². The maximum Gasteiger partial charge on any atom is 0.137 e. The summed E-state index contributed by atoms with van der Waals surface area (Å²) in [5.74, 6) is -0.264. The molecular weight excluding hydrogens is 289 g/mol. The highest BCUT2D eigenvalue weighted by molar-refractivity contribution is 9.10. The average molecular weight is 304 g/mol. The number of rotatable bonds is 3. The Morgan fingerprint density at radius 2 is 2.29 bits per heavy atom. The molecule has 3 nitrogen and oxygen atoms in total. The van der Waals surface area contributed by atoms with E-state index in [0.717, 1.165) is 5.56 Å². The molecule has 0 saturated carbocycles. The van der Waals surface area contributed by atoms with Crippen LogP contribution in [0.3, 0.4) is 0 Å². The van der Waals surface area contributed by atoms with E-state index in [2.05, 4.69) is 15.9 Å². The summed E-state index contributed by atoms with van der Waals surface area (Å²) in [5.41, 5.74) is 7.04. The molecule has 0 spiro atoms. The number of ether oxygens (including phenoxy) is 2. The second-order valence-corrected chi connectivity index (χ2v) is 4.95. The molecule has 2 atom stereocenters. The highest BCUT2D eigenvalue weighted by Crippen LogP contribution is 2.18. The van der Waals surface area contributed by atoms with Gasteiger partial charge in [-0.1, -0.05) is 6.07 Å². The highest BCUT2D eigenvalue weighted by atomic mass is 79.9. The summed E-state index contributed by atoms with van der Waals surface area (Å²) in [6.07, 6.45) is 0.569. The van der Waals surface area contributed by atoms with Crippen LogP contribution in [0.15, 0.2) is 22.7 Å². The summed E-state index contributed by atoms with van der Waals surface area (Å²) in [5, 5.41) is 0. The van der Waals surface area contributed by atoms with E-state index < -0.39 is 0 Å². The maximum atomic E-state index is 13.1. The van der Waals surface area contributed by atoms with Gasteiger partial charge < -0.3 is 15.2 Å². The Morgan fingerprint density at radius 1 is 1.47 bits per heavy atom. The smallest absolute Gasteiger partial charge is 0.137 e. The predicted molar refractivity (Wildman–Crippen MR) is 66.3 cm³/mol. The first-order valence-electron chi connectivity index (χ1n) is 5.55. The molecule has 1 heterocycles. The largest absolute Gasteiger partial charge is 0.376 e. The van der Waals surface area contributed by atoms with Gasteiger partial charge in [-0.15, -0.1) is 0 Å². The van der Waals surface area contributed by atoms with E-state index in [1.165, 1.54) is 6.07 Å². The van der Waals surface area contributed by atoms with Crippen molar-refractivity contribution in [2.75, 3.05) is 19.8 Å². The lowest BCUT2D eigenvalue weighted by atomic mass is 10.0. The molecule has 0 radical (unpaired) electrons. The molecule has 1 fully saturated rings. The fourth-order valence-corrected chi connectivity index (χ4v) is 2.25. The minimum absolute atomic E-state index is 0.0763. The fourth-order valence-electron chi connectivity index (χ4n) is 1.82. The van der Waals surface area contributed by atoms with Gasteiger partial charge in [-0.05, 0) is 40.0 Å². The van der Waals surface area contributed by atoms with Gasteiger partial charge in [0.2, 0.25) is 0 Å². The molecule has 0 aromatic heterocycles. The van der Waals surface area contributed by atoms with Crippen LogP contribution in [0.4, 0.5) is 4.39 Å².